The van der Waals surface area contributed by atoms with Crippen LogP contribution in [0, 0.1) is 11.7 Å². The predicted octanol–water partition coefficient (Wildman–Crippen LogP) is 3.24. The topological polar surface area (TPSA) is 121 Å². The third kappa shape index (κ3) is 5.69. The lowest BCUT2D eigenvalue weighted by molar-refractivity contribution is -0.180. The molecule has 35 heavy (non-hydrogen) atoms. The fourth-order valence-electron chi connectivity index (χ4n) is 3.87. The van der Waals surface area contributed by atoms with Gasteiger partial charge in [0.15, 0.2) is 6.61 Å². The summed E-state index contributed by atoms with van der Waals surface area (Å²) in [6.07, 6.45) is -5.00. The molecule has 1 unspecified atom stereocenters. The molecule has 0 spiro atoms. The minimum atomic E-state index is -4.31. The van der Waals surface area contributed by atoms with Gasteiger partial charge in [-0.05, 0) is 25.0 Å². The number of alkyl halides is 3. The molecule has 0 aliphatic carbocycles. The average Bonchev–Trinajstić information content (AvgIpc) is 3.21. The number of piperidine rings is 1. The molecule has 2 N–H and O–H groups in total. The molecule has 0 saturated carbocycles. The molecule has 2 fully saturated rings. The lowest BCUT2D eigenvalue weighted by Crippen LogP contribution is -2.53. The fourth-order valence-corrected chi connectivity index (χ4v) is 3.99. The zero-order chi connectivity index (χ0) is 25.3. The van der Waals surface area contributed by atoms with E-state index < -0.39 is 48.6 Å². The van der Waals surface area contributed by atoms with Crippen molar-refractivity contribution >= 4 is 29.6 Å². The van der Waals surface area contributed by atoms with Crippen LogP contribution in [0.1, 0.15) is 24.8 Å². The number of rotatable bonds is 6. The van der Waals surface area contributed by atoms with Crippen molar-refractivity contribution in [1.82, 2.24) is 20.4 Å². The van der Waals surface area contributed by atoms with Crippen LogP contribution in [0.2, 0.25) is 5.02 Å². The van der Waals surface area contributed by atoms with Gasteiger partial charge in [0.2, 0.25) is 5.89 Å². The van der Waals surface area contributed by atoms with Crippen molar-refractivity contribution in [3.8, 4) is 5.75 Å². The quantitative estimate of drug-likeness (QED) is 0.556. The lowest BCUT2D eigenvalue weighted by atomic mass is 9.98. The molecule has 1 aromatic carbocycles. The van der Waals surface area contributed by atoms with Gasteiger partial charge >= 0.3 is 18.3 Å². The number of likely N-dealkylation sites (tertiary alicyclic amines) is 1. The van der Waals surface area contributed by atoms with Gasteiger partial charge in [-0.2, -0.15) is 13.2 Å². The smallest absolute Gasteiger partial charge is 0.408 e. The standard InChI is InChI=1S/C20H20ClF4N5O5/c21-13-3-2-12(5-14(13)22)34-9-16(31)26-11-1-4-15(30(8-11)19(32)33)17-27-28-18(35-17)29-6-10(7-29)20(23,24)25/h2-3,5,10-11,15H,1,4,6-9H2,(H,26,31)(H,32,33)/t11?,15-/m1/s1. The maximum Gasteiger partial charge on any atom is 0.408 e. The first kappa shape index (κ1) is 24.8. The Labute approximate surface area is 200 Å². The van der Waals surface area contributed by atoms with Gasteiger partial charge in [-0.1, -0.05) is 16.7 Å². The van der Waals surface area contributed by atoms with Crippen molar-refractivity contribution in [2.24, 2.45) is 5.92 Å². The summed E-state index contributed by atoms with van der Waals surface area (Å²) >= 11 is 5.60. The van der Waals surface area contributed by atoms with Crippen LogP contribution in [0.15, 0.2) is 22.6 Å². The van der Waals surface area contributed by atoms with Gasteiger partial charge in [0.1, 0.15) is 17.6 Å². The molecule has 10 nitrogen and oxygen atoms in total. The zero-order valence-electron chi connectivity index (χ0n) is 18.0. The number of ether oxygens (including phenoxy) is 1. The van der Waals surface area contributed by atoms with Gasteiger partial charge < -0.3 is 24.5 Å². The maximum atomic E-state index is 13.5. The molecule has 190 valence electrons. The van der Waals surface area contributed by atoms with Gasteiger partial charge in [0.05, 0.1) is 10.9 Å². The summed E-state index contributed by atoms with van der Waals surface area (Å²) in [6, 6.07) is 2.28. The monoisotopic (exact) mass is 521 g/mol. The summed E-state index contributed by atoms with van der Waals surface area (Å²) < 4.78 is 62.3. The van der Waals surface area contributed by atoms with Crippen LogP contribution in [0.5, 0.6) is 5.75 Å². The van der Waals surface area contributed by atoms with Crippen molar-refractivity contribution in [3.05, 3.63) is 34.9 Å². The number of carbonyl (C=O) groups is 2. The third-order valence-electron chi connectivity index (χ3n) is 5.78. The van der Waals surface area contributed by atoms with E-state index in [9.17, 15) is 32.3 Å². The van der Waals surface area contributed by atoms with Crippen LogP contribution in [0.4, 0.5) is 28.4 Å². The van der Waals surface area contributed by atoms with Crippen molar-refractivity contribution < 1.29 is 41.4 Å². The number of halogens is 5. The van der Waals surface area contributed by atoms with E-state index in [4.69, 9.17) is 20.8 Å². The number of carboxylic acid groups (broad SMARTS) is 1. The van der Waals surface area contributed by atoms with Crippen LogP contribution >= 0.6 is 11.6 Å². The highest BCUT2D eigenvalue weighted by molar-refractivity contribution is 6.30. The molecule has 15 heteroatoms. The van der Waals surface area contributed by atoms with E-state index >= 15 is 0 Å². The first-order valence-corrected chi connectivity index (χ1v) is 10.9. The highest BCUT2D eigenvalue weighted by Gasteiger charge is 2.48. The van der Waals surface area contributed by atoms with Gasteiger partial charge in [0.25, 0.3) is 5.91 Å². The Balaban J connectivity index is 1.31. The molecular formula is C20H20ClF4N5O5. The molecular weight excluding hydrogens is 502 g/mol. The minimum absolute atomic E-state index is 0.0317. The van der Waals surface area contributed by atoms with E-state index in [0.29, 0.717) is 6.42 Å². The highest BCUT2D eigenvalue weighted by Crippen LogP contribution is 2.37. The number of carbonyl (C=O) groups excluding carboxylic acids is 1. The number of aromatic nitrogens is 2. The van der Waals surface area contributed by atoms with Crippen LogP contribution < -0.4 is 15.0 Å². The molecule has 1 aromatic heterocycles. The number of amides is 2. The van der Waals surface area contributed by atoms with Crippen molar-refractivity contribution in [3.63, 3.8) is 0 Å². The second-order valence-corrected chi connectivity index (χ2v) is 8.63. The van der Waals surface area contributed by atoms with Crippen molar-refractivity contribution in [2.75, 3.05) is 31.1 Å². The zero-order valence-corrected chi connectivity index (χ0v) is 18.7. The Morgan fingerprint density at radius 3 is 2.63 bits per heavy atom. The summed E-state index contributed by atoms with van der Waals surface area (Å²) in [5, 5.41) is 19.8. The summed E-state index contributed by atoms with van der Waals surface area (Å²) in [5.74, 6) is -2.63. The Morgan fingerprint density at radius 1 is 1.23 bits per heavy atom. The molecule has 4 rings (SSSR count). The van der Waals surface area contributed by atoms with E-state index in [1.807, 2.05) is 0 Å². The van der Waals surface area contributed by atoms with Crippen molar-refractivity contribution in [1.29, 1.82) is 0 Å². The Kier molecular flexibility index (Phi) is 6.92. The number of nitrogens with one attached hydrogen (secondary N) is 1. The Morgan fingerprint density at radius 2 is 1.97 bits per heavy atom. The van der Waals surface area contributed by atoms with Gasteiger partial charge in [0, 0.05) is 31.7 Å². The molecule has 2 aliphatic heterocycles. The van der Waals surface area contributed by atoms with Crippen LogP contribution in [-0.4, -0.2) is 70.7 Å². The Bertz CT molecular complexity index is 1090. The van der Waals surface area contributed by atoms with E-state index in [1.54, 1.807) is 0 Å². The first-order chi connectivity index (χ1) is 16.5. The SMILES string of the molecule is O=C(COc1ccc(Cl)c(F)c1)NC1CC[C@H](c2nnc(N3CC(C(F)(F)F)C3)o2)N(C(=O)O)C1. The summed E-state index contributed by atoms with van der Waals surface area (Å²) in [5.41, 5.74) is 0. The first-order valence-electron chi connectivity index (χ1n) is 10.5. The van der Waals surface area contributed by atoms with E-state index in [-0.39, 0.29) is 48.7 Å². The van der Waals surface area contributed by atoms with Gasteiger partial charge in [-0.3, -0.25) is 9.69 Å². The molecule has 2 saturated heterocycles. The fraction of sp³-hybridized carbons (Fsp3) is 0.500. The van der Waals surface area contributed by atoms with E-state index in [2.05, 4.69) is 15.5 Å². The average molecular weight is 522 g/mol. The van der Waals surface area contributed by atoms with Crippen molar-refractivity contribution in [2.45, 2.75) is 31.1 Å². The molecule has 3 heterocycles. The molecule has 2 aliphatic rings. The van der Waals surface area contributed by atoms with Crippen LogP contribution in [0.3, 0.4) is 0 Å². The second kappa shape index (κ2) is 9.76. The molecule has 2 amide bonds. The number of nitrogens with zero attached hydrogens (tertiary/aromatic N) is 4. The molecule has 0 radical (unpaired) electrons. The minimum Gasteiger partial charge on any atom is -0.484 e. The lowest BCUT2D eigenvalue weighted by Gasteiger charge is -2.38. The van der Waals surface area contributed by atoms with Gasteiger partial charge in [-0.15, -0.1) is 5.10 Å². The Hall–Kier alpha value is -3.29. The normalized spacial score (nSPS) is 20.9. The van der Waals surface area contributed by atoms with Gasteiger partial charge in [-0.25, -0.2) is 9.18 Å². The number of hydrogen-bond donors (Lipinski definition) is 2. The number of benzene rings is 1. The maximum absolute atomic E-state index is 13.5. The third-order valence-corrected chi connectivity index (χ3v) is 6.09. The molecule has 2 aromatic rings. The number of hydrogen-bond acceptors (Lipinski definition) is 7. The summed E-state index contributed by atoms with van der Waals surface area (Å²) in [6.45, 7) is -1.12. The largest absolute Gasteiger partial charge is 0.484 e. The van der Waals surface area contributed by atoms with Crippen LogP contribution in [0.25, 0.3) is 0 Å². The van der Waals surface area contributed by atoms with E-state index in [0.717, 1.165) is 11.0 Å². The summed E-state index contributed by atoms with van der Waals surface area (Å²) in [4.78, 5) is 26.3. The second-order valence-electron chi connectivity index (χ2n) is 8.22. The van der Waals surface area contributed by atoms with E-state index in [1.165, 1.54) is 17.0 Å². The number of anilines is 1. The highest BCUT2D eigenvalue weighted by atomic mass is 35.5. The molecule has 2 atom stereocenters. The predicted molar refractivity (Wildman–Crippen MR) is 112 cm³/mol. The summed E-state index contributed by atoms with van der Waals surface area (Å²) in [7, 11) is 0. The van der Waals surface area contributed by atoms with Crippen LogP contribution in [-0.2, 0) is 4.79 Å². The molecule has 0 bridgehead atoms.